The van der Waals surface area contributed by atoms with Crippen LogP contribution < -0.4 is 0 Å². The van der Waals surface area contributed by atoms with Crippen LogP contribution in [0, 0.1) is 38.9 Å². The predicted molar refractivity (Wildman–Crippen MR) is 340 cm³/mol. The normalized spacial score (nSPS) is 13.6. The molecule has 0 saturated heterocycles. The lowest BCUT2D eigenvalue weighted by molar-refractivity contribution is -0.204. The Kier molecular flexibility index (Phi) is 38.6. The van der Waals surface area contributed by atoms with Gasteiger partial charge in [-0.15, -0.1) is 0 Å². The number of halogens is 4. The molecular formula is C67H122F4O21. The van der Waals surface area contributed by atoms with Crippen LogP contribution in [-0.4, -0.2) is 154 Å². The largest absolute Gasteiger partial charge is 0.464 e. The maximum absolute atomic E-state index is 14.0. The van der Waals surface area contributed by atoms with Gasteiger partial charge in [-0.3, -0.25) is 24.0 Å². The summed E-state index contributed by atoms with van der Waals surface area (Å²) in [5.74, 6) is -17.1. The highest BCUT2D eigenvalue weighted by Gasteiger charge is 2.54. The van der Waals surface area contributed by atoms with Crippen LogP contribution in [0.15, 0.2) is 0 Å². The third-order valence-corrected chi connectivity index (χ3v) is 16.8. The maximum atomic E-state index is 14.0. The van der Waals surface area contributed by atoms with Crippen molar-refractivity contribution in [3.63, 3.8) is 0 Å². The van der Waals surface area contributed by atoms with E-state index in [9.17, 15) is 76.0 Å². The third kappa shape index (κ3) is 32.3. The molecule has 21 nitrogen and oxygen atoms in total. The van der Waals surface area contributed by atoms with Crippen molar-refractivity contribution in [1.29, 1.82) is 0 Å². The molecule has 25 heteroatoms. The zero-order chi connectivity index (χ0) is 75.0. The van der Waals surface area contributed by atoms with E-state index >= 15 is 0 Å². The minimum atomic E-state index is -3.99. The monoisotopic (exact) mass is 1340 g/mol. The van der Waals surface area contributed by atoms with Crippen LogP contribution >= 0.6 is 0 Å². The first-order chi connectivity index (χ1) is 40.6. The van der Waals surface area contributed by atoms with Crippen molar-refractivity contribution in [3.8, 4) is 0 Å². The van der Waals surface area contributed by atoms with Gasteiger partial charge in [-0.1, -0.05) is 62.3 Å². The number of carbonyl (C=O) groups excluding carboxylic acids is 9. The average Bonchev–Trinajstić information content (AvgIpc) is 0.869. The molecule has 3 N–H and O–H groups in total. The van der Waals surface area contributed by atoms with Crippen LogP contribution in [0.3, 0.4) is 0 Å². The summed E-state index contributed by atoms with van der Waals surface area (Å²) in [6.07, 6.45) is -1.14. The lowest BCUT2D eigenvalue weighted by atomic mass is 9.87. The van der Waals surface area contributed by atoms with Crippen LogP contribution in [0.4, 0.5) is 17.6 Å². The van der Waals surface area contributed by atoms with Crippen LogP contribution in [-0.2, 0) is 85.8 Å². The number of hydrogen-bond acceptors (Lipinski definition) is 21. The Hall–Kier alpha value is -5.17. The first-order valence-electron chi connectivity index (χ1n) is 31.1. The highest BCUT2D eigenvalue weighted by Crippen LogP contribution is 2.35. The van der Waals surface area contributed by atoms with Gasteiger partial charge in [-0.05, 0) is 203 Å². The molecule has 0 aromatic rings. The third-order valence-electron chi connectivity index (χ3n) is 16.8. The molecule has 0 amide bonds. The highest BCUT2D eigenvalue weighted by molar-refractivity contribution is 5.83. The molecule has 0 aromatic carbocycles. The van der Waals surface area contributed by atoms with E-state index in [1.807, 2.05) is 62.3 Å². The van der Waals surface area contributed by atoms with Gasteiger partial charge in [0, 0.05) is 0 Å². The van der Waals surface area contributed by atoms with Gasteiger partial charge in [0.25, 0.3) is 0 Å². The number of ether oxygens (including phenoxy) is 9. The molecule has 0 aliphatic rings. The quantitative estimate of drug-likeness (QED) is 0.0356. The van der Waals surface area contributed by atoms with Crippen molar-refractivity contribution in [2.45, 2.75) is 311 Å². The number of aliphatic hydroxyl groups is 3. The van der Waals surface area contributed by atoms with E-state index < -0.39 is 140 Å². The highest BCUT2D eigenvalue weighted by atomic mass is 19.3. The molecule has 0 aromatic heterocycles. The first kappa shape index (κ1) is 95.5. The van der Waals surface area contributed by atoms with Crippen molar-refractivity contribution in [2.75, 3.05) is 27.4 Å². The van der Waals surface area contributed by atoms with Crippen molar-refractivity contribution < 1.29 is 119 Å². The maximum Gasteiger partial charge on any atom is 0.380 e. The number of carbonyl (C=O) groups is 9. The lowest BCUT2D eigenvalue weighted by Gasteiger charge is -2.38. The fourth-order valence-corrected chi connectivity index (χ4v) is 5.06. The zero-order valence-electron chi connectivity index (χ0n) is 62.2. The van der Waals surface area contributed by atoms with Crippen molar-refractivity contribution in [3.05, 3.63) is 0 Å². The van der Waals surface area contributed by atoms with Crippen molar-refractivity contribution >= 4 is 53.7 Å². The first-order valence-corrected chi connectivity index (χ1v) is 31.1. The lowest BCUT2D eigenvalue weighted by Crippen LogP contribution is -2.50. The van der Waals surface area contributed by atoms with Gasteiger partial charge in [0.15, 0.2) is 25.4 Å². The second kappa shape index (κ2) is 37.2. The van der Waals surface area contributed by atoms with Gasteiger partial charge in [-0.25, -0.2) is 19.2 Å². The summed E-state index contributed by atoms with van der Waals surface area (Å²) in [7, 11) is 1.63. The topological polar surface area (TPSA) is 297 Å². The van der Waals surface area contributed by atoms with Gasteiger partial charge in [0.2, 0.25) is 0 Å². The molecule has 0 radical (unpaired) electrons. The predicted octanol–water partition coefficient (Wildman–Crippen LogP) is 12.6. The van der Waals surface area contributed by atoms with Crippen molar-refractivity contribution in [1.82, 2.24) is 0 Å². The van der Waals surface area contributed by atoms with E-state index in [2.05, 4.69) is 18.9 Å². The molecule has 0 bridgehead atoms. The van der Waals surface area contributed by atoms with Gasteiger partial charge < -0.3 is 58.0 Å². The molecule has 0 aliphatic carbocycles. The number of hydrogen-bond donors (Lipinski definition) is 3. The molecule has 0 heterocycles. The fourth-order valence-electron chi connectivity index (χ4n) is 5.06. The Morgan fingerprint density at radius 3 is 0.793 bits per heavy atom. The average molecular weight is 1340 g/mol. The van der Waals surface area contributed by atoms with Crippen LogP contribution in [0.1, 0.15) is 253 Å². The summed E-state index contributed by atoms with van der Waals surface area (Å²) in [6.45, 7) is 51.5. The Morgan fingerprint density at radius 2 is 0.587 bits per heavy atom. The number of esters is 9. The zero-order valence-corrected chi connectivity index (χ0v) is 62.2. The minimum absolute atomic E-state index is 0.248. The summed E-state index contributed by atoms with van der Waals surface area (Å²) < 4.78 is 98.8. The minimum Gasteiger partial charge on any atom is -0.464 e. The number of alkyl halides is 4. The Labute approximate surface area is 547 Å². The molecule has 0 rings (SSSR count). The van der Waals surface area contributed by atoms with Gasteiger partial charge in [0.05, 0.1) is 58.1 Å². The molecule has 2 unspecified atom stereocenters. The van der Waals surface area contributed by atoms with E-state index in [0.29, 0.717) is 32.1 Å². The molecular weight excluding hydrogens is 1220 g/mol. The summed E-state index contributed by atoms with van der Waals surface area (Å²) in [4.78, 5) is 105. The van der Waals surface area contributed by atoms with E-state index in [4.69, 9.17) is 23.7 Å². The van der Waals surface area contributed by atoms with Gasteiger partial charge >= 0.3 is 65.6 Å². The fraction of sp³-hybridized carbons (Fsp3) is 0.866. The van der Waals surface area contributed by atoms with E-state index in [-0.39, 0.29) is 30.2 Å². The standard InChI is InChI=1S/C16H26F2O6.C15H24F2O6.3C12H24O3/c1-7-15(4,5)13(20)23-9-12(19)24-11(8-10(2)3)16(17,18)14(21)22-6;1-7-14(4,5)12(19)22-8-10(18)23-11(9(2)3)15(16,17)13(20)21-6;3*1-8-10(2,3)9(13)15-12(6,7)11(4,5)14/h10-11H,7-9H2,1-6H3;9,11H,7-8H2,1-6H3;3*14H,8H2,1-7H3. The second-order valence-electron chi connectivity index (χ2n) is 29.7. The number of methoxy groups -OCH3 is 2. The van der Waals surface area contributed by atoms with Crippen LogP contribution in [0.5, 0.6) is 0 Å². The van der Waals surface area contributed by atoms with Crippen LogP contribution in [0.25, 0.3) is 0 Å². The molecule has 0 spiro atoms. The Balaban J connectivity index is -0.000000349. The summed E-state index contributed by atoms with van der Waals surface area (Å²) in [5, 5.41) is 29.6. The molecule has 92 heavy (non-hydrogen) atoms. The van der Waals surface area contributed by atoms with E-state index in [1.165, 1.54) is 13.8 Å². The van der Waals surface area contributed by atoms with Crippen LogP contribution in [0.2, 0.25) is 0 Å². The SMILES string of the molecule is CCC(C)(C)C(=O)OC(C)(C)C(C)(C)O.CCC(C)(C)C(=O)OC(C)(C)C(C)(C)O.CCC(C)(C)C(=O)OC(C)(C)C(C)(C)O.CCC(C)(C)C(=O)OCC(=O)OC(C(C)C)C(F)(F)C(=O)OC.CCC(C)(C)C(=O)OCC(=O)OC(CC(C)C)C(F)(F)C(=O)OC. The summed E-state index contributed by atoms with van der Waals surface area (Å²) >= 11 is 0. The van der Waals surface area contributed by atoms with Gasteiger partial charge in [0.1, 0.15) is 16.8 Å². The Morgan fingerprint density at radius 1 is 0.359 bits per heavy atom. The summed E-state index contributed by atoms with van der Waals surface area (Å²) in [5.41, 5.74) is -8.87. The second-order valence-corrected chi connectivity index (χ2v) is 29.7. The molecule has 0 aliphatic heterocycles. The van der Waals surface area contributed by atoms with E-state index in [1.54, 1.807) is 138 Å². The molecule has 544 valence electrons. The molecule has 2 atom stereocenters. The molecule has 0 saturated carbocycles. The molecule has 0 fully saturated rings. The van der Waals surface area contributed by atoms with Gasteiger partial charge in [-0.2, -0.15) is 17.6 Å². The number of rotatable bonds is 29. The Bertz CT molecular complexity index is 2220. The smallest absolute Gasteiger partial charge is 0.380 e. The van der Waals surface area contributed by atoms with Crippen molar-refractivity contribution in [2.24, 2.45) is 38.9 Å². The summed E-state index contributed by atoms with van der Waals surface area (Å²) in [6, 6.07) is 0. The van der Waals surface area contributed by atoms with E-state index in [0.717, 1.165) is 14.2 Å².